The highest BCUT2D eigenvalue weighted by Gasteiger charge is 2.14. The molecule has 0 radical (unpaired) electrons. The van der Waals surface area contributed by atoms with Gasteiger partial charge in [0.15, 0.2) is 0 Å². The van der Waals surface area contributed by atoms with Crippen molar-refractivity contribution in [3.63, 3.8) is 0 Å². The van der Waals surface area contributed by atoms with Crippen LogP contribution in [0.3, 0.4) is 0 Å². The number of allylic oxidation sites excluding steroid dienone is 2. The van der Waals surface area contributed by atoms with Gasteiger partial charge in [-0.3, -0.25) is 0 Å². The Morgan fingerprint density at radius 1 is 1.80 bits per heavy atom. The summed E-state index contributed by atoms with van der Waals surface area (Å²) in [5.41, 5.74) is 0. The van der Waals surface area contributed by atoms with E-state index in [9.17, 15) is 0 Å². The van der Waals surface area contributed by atoms with Crippen LogP contribution in [0.4, 0.5) is 0 Å². The van der Waals surface area contributed by atoms with Crippen LogP contribution < -0.4 is 0 Å². The largest absolute Gasteiger partial charge is 0.501 e. The first kappa shape index (κ1) is 7.14. The minimum absolute atomic E-state index is 0.181. The van der Waals surface area contributed by atoms with E-state index in [1.807, 2.05) is 0 Å². The van der Waals surface area contributed by atoms with Gasteiger partial charge in [-0.1, -0.05) is 0 Å². The van der Waals surface area contributed by atoms with Gasteiger partial charge in [-0.15, -0.1) is 0 Å². The summed E-state index contributed by atoms with van der Waals surface area (Å²) in [5.74, 6) is 1.15. The van der Waals surface area contributed by atoms with Crippen molar-refractivity contribution in [2.24, 2.45) is 5.92 Å². The third kappa shape index (κ3) is 1.51. The normalized spacial score (nSPS) is 24.8. The standard InChI is InChI=1S/C8H11NO/c1-10-8-4-2-3-7(5-8)6-9/h4,7H,2-3,5H2,1H3. The van der Waals surface area contributed by atoms with Gasteiger partial charge in [0.2, 0.25) is 0 Å². The lowest BCUT2D eigenvalue weighted by Gasteiger charge is -2.15. The minimum atomic E-state index is 0.181. The fourth-order valence-corrected chi connectivity index (χ4v) is 1.15. The van der Waals surface area contributed by atoms with E-state index < -0.39 is 0 Å². The zero-order valence-electron chi connectivity index (χ0n) is 6.13. The Bertz CT molecular complexity index is 178. The molecular weight excluding hydrogens is 126 g/mol. The summed E-state index contributed by atoms with van der Waals surface area (Å²) in [7, 11) is 1.66. The maximum absolute atomic E-state index is 8.57. The third-order valence-electron chi connectivity index (χ3n) is 1.78. The lowest BCUT2D eigenvalue weighted by molar-refractivity contribution is 0.256. The molecule has 0 spiro atoms. The molecule has 0 aromatic rings. The fourth-order valence-electron chi connectivity index (χ4n) is 1.15. The summed E-state index contributed by atoms with van der Waals surface area (Å²) < 4.78 is 5.03. The molecular formula is C8H11NO. The molecule has 1 unspecified atom stereocenters. The van der Waals surface area contributed by atoms with Gasteiger partial charge in [0.25, 0.3) is 0 Å². The Hall–Kier alpha value is -0.970. The van der Waals surface area contributed by atoms with Crippen molar-refractivity contribution < 1.29 is 4.74 Å². The van der Waals surface area contributed by atoms with E-state index in [-0.39, 0.29) is 5.92 Å². The van der Waals surface area contributed by atoms with E-state index >= 15 is 0 Å². The van der Waals surface area contributed by atoms with Crippen LogP contribution in [0.25, 0.3) is 0 Å². The molecule has 2 heteroatoms. The average Bonchev–Trinajstić information content (AvgIpc) is 2.05. The first-order chi connectivity index (χ1) is 4.86. The van der Waals surface area contributed by atoms with Crippen molar-refractivity contribution in [2.75, 3.05) is 7.11 Å². The maximum Gasteiger partial charge on any atom is 0.0928 e. The predicted molar refractivity (Wildman–Crippen MR) is 38.0 cm³/mol. The summed E-state index contributed by atoms with van der Waals surface area (Å²) in [6, 6.07) is 2.25. The molecule has 1 atom stereocenters. The van der Waals surface area contributed by atoms with E-state index in [0.717, 1.165) is 25.0 Å². The fraction of sp³-hybridized carbons (Fsp3) is 0.625. The second-order valence-electron chi connectivity index (χ2n) is 2.48. The van der Waals surface area contributed by atoms with Gasteiger partial charge in [-0.25, -0.2) is 0 Å². The van der Waals surface area contributed by atoms with Crippen LogP contribution in [0.5, 0.6) is 0 Å². The zero-order chi connectivity index (χ0) is 7.40. The van der Waals surface area contributed by atoms with Crippen molar-refractivity contribution >= 4 is 0 Å². The van der Waals surface area contributed by atoms with E-state index in [1.165, 1.54) is 0 Å². The number of nitriles is 1. The van der Waals surface area contributed by atoms with Crippen LogP contribution in [-0.4, -0.2) is 7.11 Å². The molecule has 2 nitrogen and oxygen atoms in total. The summed E-state index contributed by atoms with van der Waals surface area (Å²) in [6.07, 6.45) is 4.84. The summed E-state index contributed by atoms with van der Waals surface area (Å²) >= 11 is 0. The monoisotopic (exact) mass is 137 g/mol. The molecule has 1 aliphatic rings. The van der Waals surface area contributed by atoms with Gasteiger partial charge in [0.05, 0.1) is 24.9 Å². The second kappa shape index (κ2) is 3.26. The molecule has 0 saturated heterocycles. The Balaban J connectivity index is 2.50. The Morgan fingerprint density at radius 3 is 3.20 bits per heavy atom. The molecule has 0 aromatic heterocycles. The van der Waals surface area contributed by atoms with Crippen LogP contribution in [0.2, 0.25) is 0 Å². The van der Waals surface area contributed by atoms with Crippen LogP contribution in [0.1, 0.15) is 19.3 Å². The first-order valence-corrected chi connectivity index (χ1v) is 3.49. The number of nitrogens with zero attached hydrogens (tertiary/aromatic N) is 1. The van der Waals surface area contributed by atoms with Crippen LogP contribution in [0, 0.1) is 17.2 Å². The van der Waals surface area contributed by atoms with E-state index in [1.54, 1.807) is 7.11 Å². The smallest absolute Gasteiger partial charge is 0.0928 e. The van der Waals surface area contributed by atoms with Gasteiger partial charge in [-0.2, -0.15) is 5.26 Å². The minimum Gasteiger partial charge on any atom is -0.501 e. The van der Waals surface area contributed by atoms with Crippen LogP contribution in [-0.2, 0) is 4.74 Å². The molecule has 1 aliphatic carbocycles. The van der Waals surface area contributed by atoms with Gasteiger partial charge in [0.1, 0.15) is 0 Å². The SMILES string of the molecule is COC1=CCCC(C#N)C1. The lowest BCUT2D eigenvalue weighted by Crippen LogP contribution is -2.05. The number of ether oxygens (including phenoxy) is 1. The molecule has 1 rings (SSSR count). The van der Waals surface area contributed by atoms with Gasteiger partial charge in [-0.05, 0) is 18.9 Å². The Kier molecular flexibility index (Phi) is 2.33. The van der Waals surface area contributed by atoms with Crippen molar-refractivity contribution in [3.05, 3.63) is 11.8 Å². The molecule has 0 fully saturated rings. The molecule has 0 aromatic carbocycles. The van der Waals surface area contributed by atoms with E-state index in [2.05, 4.69) is 12.1 Å². The number of hydrogen-bond acceptors (Lipinski definition) is 2. The van der Waals surface area contributed by atoms with Crippen LogP contribution >= 0.6 is 0 Å². The topological polar surface area (TPSA) is 33.0 Å². The molecule has 0 heterocycles. The highest BCUT2D eigenvalue weighted by molar-refractivity contribution is 5.04. The van der Waals surface area contributed by atoms with Gasteiger partial charge in [0, 0.05) is 6.42 Å². The molecule has 0 bridgehead atoms. The third-order valence-corrected chi connectivity index (χ3v) is 1.78. The highest BCUT2D eigenvalue weighted by Crippen LogP contribution is 2.23. The second-order valence-corrected chi connectivity index (χ2v) is 2.48. The van der Waals surface area contributed by atoms with Crippen molar-refractivity contribution in [2.45, 2.75) is 19.3 Å². The highest BCUT2D eigenvalue weighted by atomic mass is 16.5. The van der Waals surface area contributed by atoms with Crippen LogP contribution in [0.15, 0.2) is 11.8 Å². The average molecular weight is 137 g/mol. The predicted octanol–water partition coefficient (Wildman–Crippen LogP) is 1.84. The molecule has 10 heavy (non-hydrogen) atoms. The van der Waals surface area contributed by atoms with Crippen molar-refractivity contribution in [3.8, 4) is 6.07 Å². The molecule has 0 aliphatic heterocycles. The lowest BCUT2D eigenvalue weighted by atomic mass is 9.95. The van der Waals surface area contributed by atoms with E-state index in [4.69, 9.17) is 10.00 Å². The first-order valence-electron chi connectivity index (χ1n) is 3.49. The molecule has 54 valence electrons. The van der Waals surface area contributed by atoms with Gasteiger partial charge >= 0.3 is 0 Å². The number of rotatable bonds is 1. The van der Waals surface area contributed by atoms with E-state index in [0.29, 0.717) is 0 Å². The molecule has 0 saturated carbocycles. The summed E-state index contributed by atoms with van der Waals surface area (Å²) in [6.45, 7) is 0. The number of methoxy groups -OCH3 is 1. The summed E-state index contributed by atoms with van der Waals surface area (Å²) in [5, 5.41) is 8.57. The van der Waals surface area contributed by atoms with Crippen molar-refractivity contribution in [1.82, 2.24) is 0 Å². The molecule has 0 amide bonds. The summed E-state index contributed by atoms with van der Waals surface area (Å²) in [4.78, 5) is 0. The van der Waals surface area contributed by atoms with Crippen molar-refractivity contribution in [1.29, 1.82) is 5.26 Å². The quantitative estimate of drug-likeness (QED) is 0.552. The molecule has 0 N–H and O–H groups in total. The van der Waals surface area contributed by atoms with Gasteiger partial charge < -0.3 is 4.74 Å². The Morgan fingerprint density at radius 2 is 2.60 bits per heavy atom. The maximum atomic E-state index is 8.57. The zero-order valence-corrected chi connectivity index (χ0v) is 6.13. The number of hydrogen-bond donors (Lipinski definition) is 0. The Labute approximate surface area is 61.1 Å².